The summed E-state index contributed by atoms with van der Waals surface area (Å²) in [7, 11) is 0. The zero-order valence-electron chi connectivity index (χ0n) is 13.5. The van der Waals surface area contributed by atoms with E-state index in [1.54, 1.807) is 0 Å². The number of aromatic nitrogens is 4. The molecule has 0 bridgehead atoms. The molecule has 2 heterocycles. The molecule has 0 amide bonds. The molecule has 0 saturated carbocycles. The minimum Gasteiger partial charge on any atom is -0.394 e. The van der Waals surface area contributed by atoms with E-state index in [9.17, 15) is 24.9 Å². The Balaban J connectivity index is 2.28. The van der Waals surface area contributed by atoms with Crippen LogP contribution in [0.4, 0.5) is 0 Å². The summed E-state index contributed by atoms with van der Waals surface area (Å²) in [5, 5.41) is 38.9. The lowest BCUT2D eigenvalue weighted by Gasteiger charge is -2.24. The summed E-state index contributed by atoms with van der Waals surface area (Å²) in [6.07, 6.45) is -4.86. The summed E-state index contributed by atoms with van der Waals surface area (Å²) in [5.74, 6) is -0.153. The number of nitrogens with one attached hydrogen (secondary N) is 1. The Kier molecular flexibility index (Phi) is 5.47. The second kappa shape index (κ2) is 7.50. The van der Waals surface area contributed by atoms with Gasteiger partial charge in [0.2, 0.25) is 0 Å². The highest BCUT2D eigenvalue weighted by atomic mass is 35.5. The van der Waals surface area contributed by atoms with Gasteiger partial charge in [-0.1, -0.05) is 23.2 Å². The molecule has 0 radical (unpaired) electrons. The minimum atomic E-state index is -1.70. The van der Waals surface area contributed by atoms with Gasteiger partial charge in [-0.15, -0.1) is 0 Å². The number of nitrogens with zero attached hydrogens (tertiary/aromatic N) is 3. The Morgan fingerprint density at radius 3 is 2.41 bits per heavy atom. The molecule has 5 N–H and O–H groups in total. The van der Waals surface area contributed by atoms with E-state index in [-0.39, 0.29) is 39.1 Å². The number of hydrogen-bond acceptors (Lipinski definition) is 8. The summed E-state index contributed by atoms with van der Waals surface area (Å²) in [5.41, 5.74) is -1.40. The maximum Gasteiger partial charge on any atom is 0.349 e. The molecular formula is C15H14Cl2N4O6. The number of rotatable bonds is 5. The third kappa shape index (κ3) is 3.68. The van der Waals surface area contributed by atoms with E-state index in [0.717, 1.165) is 0 Å². The maximum absolute atomic E-state index is 12.1. The zero-order chi connectivity index (χ0) is 19.9. The van der Waals surface area contributed by atoms with Crippen LogP contribution in [0.15, 0.2) is 21.7 Å². The molecule has 12 heteroatoms. The summed E-state index contributed by atoms with van der Waals surface area (Å²) in [4.78, 5) is 33.6. The number of benzene rings is 1. The van der Waals surface area contributed by atoms with Crippen LogP contribution < -0.4 is 11.2 Å². The normalized spacial score (nSPS) is 15.2. The van der Waals surface area contributed by atoms with E-state index in [0.29, 0.717) is 0 Å². The molecule has 3 atom stereocenters. The first-order valence-corrected chi connectivity index (χ1v) is 8.43. The third-order valence-corrected chi connectivity index (χ3v) is 4.72. The summed E-state index contributed by atoms with van der Waals surface area (Å²) < 4.78 is 1.26. The van der Waals surface area contributed by atoms with Crippen LogP contribution in [-0.4, -0.2) is 64.9 Å². The number of halogens is 2. The maximum atomic E-state index is 12.1. The van der Waals surface area contributed by atoms with Gasteiger partial charge < -0.3 is 25.0 Å². The molecule has 0 aliphatic carbocycles. The van der Waals surface area contributed by atoms with Crippen LogP contribution in [0.2, 0.25) is 10.0 Å². The molecule has 0 fully saturated rings. The fourth-order valence-electron chi connectivity index (χ4n) is 2.63. The molecular weight excluding hydrogens is 403 g/mol. The molecule has 0 spiro atoms. The van der Waals surface area contributed by atoms with Crippen molar-refractivity contribution in [1.82, 2.24) is 19.5 Å². The number of H-pyrrole nitrogens is 1. The van der Waals surface area contributed by atoms with Gasteiger partial charge in [-0.2, -0.15) is 4.98 Å². The second-order valence-electron chi connectivity index (χ2n) is 5.83. The summed E-state index contributed by atoms with van der Waals surface area (Å²) in [6, 6.07) is 2.80. The molecule has 27 heavy (non-hydrogen) atoms. The molecule has 144 valence electrons. The molecule has 1 aromatic rings. The Hall–Kier alpha value is -2.08. The van der Waals surface area contributed by atoms with Gasteiger partial charge in [0.05, 0.1) is 34.2 Å². The predicted octanol–water partition coefficient (Wildman–Crippen LogP) is -1.03. The monoisotopic (exact) mass is 416 g/mol. The van der Waals surface area contributed by atoms with Crippen LogP contribution in [0.5, 0.6) is 0 Å². The van der Waals surface area contributed by atoms with E-state index in [4.69, 9.17) is 28.3 Å². The average molecular weight is 417 g/mol. The molecule has 3 rings (SSSR count). The number of aromatic amines is 1. The largest absolute Gasteiger partial charge is 0.394 e. The number of aliphatic hydroxyl groups excluding tert-OH is 4. The van der Waals surface area contributed by atoms with E-state index < -0.39 is 36.2 Å². The van der Waals surface area contributed by atoms with Crippen molar-refractivity contribution in [2.45, 2.75) is 24.9 Å². The van der Waals surface area contributed by atoms with Crippen LogP contribution in [0, 0.1) is 0 Å². The van der Waals surface area contributed by atoms with Crippen molar-refractivity contribution in [1.29, 1.82) is 0 Å². The van der Waals surface area contributed by atoms with Crippen molar-refractivity contribution in [3.8, 4) is 11.5 Å². The smallest absolute Gasteiger partial charge is 0.349 e. The Morgan fingerprint density at radius 2 is 1.74 bits per heavy atom. The first kappa shape index (κ1) is 19.7. The molecule has 0 saturated heterocycles. The van der Waals surface area contributed by atoms with Crippen molar-refractivity contribution in [3.05, 3.63) is 43.0 Å². The second-order valence-corrected chi connectivity index (χ2v) is 6.64. The van der Waals surface area contributed by atoms with Gasteiger partial charge in [0, 0.05) is 0 Å². The highest BCUT2D eigenvalue weighted by molar-refractivity contribution is 6.42. The van der Waals surface area contributed by atoms with Crippen LogP contribution in [-0.2, 0) is 6.54 Å². The van der Waals surface area contributed by atoms with E-state index in [1.165, 1.54) is 16.7 Å². The quantitative estimate of drug-likeness (QED) is 0.329. The third-order valence-electron chi connectivity index (χ3n) is 4.00. The average Bonchev–Trinajstić information content (AvgIpc) is 2.62. The van der Waals surface area contributed by atoms with Gasteiger partial charge in [-0.25, -0.2) is 9.78 Å². The van der Waals surface area contributed by atoms with E-state index >= 15 is 0 Å². The first-order chi connectivity index (χ1) is 12.7. The number of aliphatic hydroxyl groups is 4. The van der Waals surface area contributed by atoms with Gasteiger partial charge in [-0.05, 0) is 12.1 Å². The fourth-order valence-corrected chi connectivity index (χ4v) is 2.95. The molecule has 0 aromatic heterocycles. The highest BCUT2D eigenvalue weighted by Crippen LogP contribution is 2.29. The van der Waals surface area contributed by atoms with Crippen molar-refractivity contribution >= 4 is 34.2 Å². The molecule has 2 aliphatic rings. The summed E-state index contributed by atoms with van der Waals surface area (Å²) in [6.45, 7) is -1.16. The Labute approximate surface area is 160 Å². The first-order valence-electron chi connectivity index (χ1n) is 7.67. The molecule has 2 aliphatic heterocycles. The predicted molar refractivity (Wildman–Crippen MR) is 96.2 cm³/mol. The van der Waals surface area contributed by atoms with E-state index in [1.807, 2.05) is 4.98 Å². The van der Waals surface area contributed by atoms with Crippen molar-refractivity contribution in [2.75, 3.05) is 6.61 Å². The lowest BCUT2D eigenvalue weighted by atomic mass is 10.1. The van der Waals surface area contributed by atoms with Crippen LogP contribution in [0.25, 0.3) is 22.6 Å². The standard InChI is InChI=1S/C15H14Cl2N4O6/c16-5-1-7-8(2-6(5)17)21(3-9(23)12(25)10(24)4-22)13-11(18-7)14(26)20-15(27)19-13/h1-2,9-10,12,22-25H,3-4H2,(H,20,26,27)/t9-,10+,12+/m0/s1. The van der Waals surface area contributed by atoms with Crippen molar-refractivity contribution < 1.29 is 20.4 Å². The minimum absolute atomic E-state index is 0.150. The highest BCUT2D eigenvalue weighted by Gasteiger charge is 2.27. The fraction of sp³-hybridized carbons (Fsp3) is 0.333. The zero-order valence-corrected chi connectivity index (χ0v) is 15.0. The molecule has 10 nitrogen and oxygen atoms in total. The number of hydrogen-bond donors (Lipinski definition) is 5. The number of fused-ring (bicyclic) bond motifs is 2. The Bertz CT molecular complexity index is 1080. The van der Waals surface area contributed by atoms with Crippen LogP contribution >= 0.6 is 23.2 Å². The topological polar surface area (TPSA) is 162 Å². The van der Waals surface area contributed by atoms with Gasteiger partial charge in [-0.3, -0.25) is 9.78 Å². The molecule has 0 unspecified atom stereocenters. The lowest BCUT2D eigenvalue weighted by molar-refractivity contribution is -0.0802. The van der Waals surface area contributed by atoms with Crippen molar-refractivity contribution in [2.24, 2.45) is 0 Å². The van der Waals surface area contributed by atoms with E-state index in [2.05, 4.69) is 9.97 Å². The van der Waals surface area contributed by atoms with Gasteiger partial charge >= 0.3 is 5.69 Å². The van der Waals surface area contributed by atoms with Crippen LogP contribution in [0.1, 0.15) is 0 Å². The van der Waals surface area contributed by atoms with Gasteiger partial charge in [0.15, 0.2) is 11.5 Å². The molecule has 1 aromatic carbocycles. The lowest BCUT2D eigenvalue weighted by Crippen LogP contribution is -2.42. The SMILES string of the molecule is O=c1nc2n(C[C@H](O)[C@@H](O)[C@H](O)CO)c3cc(Cl)c(Cl)cc3nc-2c(=O)[nH]1. The van der Waals surface area contributed by atoms with Crippen LogP contribution in [0.3, 0.4) is 0 Å². The van der Waals surface area contributed by atoms with Crippen molar-refractivity contribution in [3.63, 3.8) is 0 Å². The van der Waals surface area contributed by atoms with Gasteiger partial charge in [0.25, 0.3) is 5.56 Å². The Morgan fingerprint density at radius 1 is 1.07 bits per heavy atom. The van der Waals surface area contributed by atoms with Gasteiger partial charge in [0.1, 0.15) is 18.3 Å². The summed E-state index contributed by atoms with van der Waals surface area (Å²) >= 11 is 12.0.